The van der Waals surface area contributed by atoms with Crippen LogP contribution in [0.3, 0.4) is 0 Å². The van der Waals surface area contributed by atoms with Gasteiger partial charge in [0.25, 0.3) is 0 Å². The van der Waals surface area contributed by atoms with E-state index in [1.54, 1.807) is 0 Å². The summed E-state index contributed by atoms with van der Waals surface area (Å²) in [6.07, 6.45) is 0. The zero-order valence-corrected chi connectivity index (χ0v) is 7.90. The highest BCUT2D eigenvalue weighted by Gasteiger charge is 2.10. The van der Waals surface area contributed by atoms with Crippen molar-refractivity contribution >= 4 is 33.3 Å². The van der Waals surface area contributed by atoms with Crippen molar-refractivity contribution in [2.75, 3.05) is 0 Å². The maximum atomic E-state index is 12.3. The summed E-state index contributed by atoms with van der Waals surface area (Å²) in [6, 6.07) is 4.90. The lowest BCUT2D eigenvalue weighted by atomic mass is 10.3. The highest BCUT2D eigenvalue weighted by Crippen LogP contribution is 2.17. The predicted molar refractivity (Wildman–Crippen MR) is 49.4 cm³/mol. The molecule has 0 heterocycles. The monoisotopic (exact) mass is 217 g/mol. The van der Waals surface area contributed by atoms with Crippen molar-refractivity contribution in [2.24, 2.45) is 4.99 Å². The Balaban J connectivity index is 3.15. The van der Waals surface area contributed by atoms with Gasteiger partial charge >= 0.3 is 10.2 Å². The van der Waals surface area contributed by atoms with Crippen LogP contribution in [0.4, 0.5) is 9.57 Å². The summed E-state index contributed by atoms with van der Waals surface area (Å²) in [7, 11) is -4.62. The first kappa shape index (κ1) is 9.98. The van der Waals surface area contributed by atoms with Crippen molar-refractivity contribution in [2.45, 2.75) is 4.90 Å². The summed E-state index contributed by atoms with van der Waals surface area (Å²) in [5.74, 6) is 0. The van der Waals surface area contributed by atoms with Gasteiger partial charge in [0.05, 0.1) is 15.7 Å². The van der Waals surface area contributed by atoms with Crippen molar-refractivity contribution in [1.82, 2.24) is 0 Å². The van der Waals surface area contributed by atoms with Crippen LogP contribution in [-0.4, -0.2) is 13.6 Å². The molecule has 0 radical (unpaired) electrons. The van der Waals surface area contributed by atoms with E-state index < -0.39 is 15.1 Å². The van der Waals surface area contributed by atoms with E-state index in [4.69, 9.17) is 0 Å². The Labute approximate surface area is 80.1 Å². The molecule has 6 heteroatoms. The van der Waals surface area contributed by atoms with Crippen LogP contribution in [-0.2, 0) is 10.2 Å². The Morgan fingerprint density at radius 1 is 1.31 bits per heavy atom. The molecule has 13 heavy (non-hydrogen) atoms. The van der Waals surface area contributed by atoms with E-state index in [-0.39, 0.29) is 0 Å². The van der Waals surface area contributed by atoms with Crippen LogP contribution in [0.5, 0.6) is 0 Å². The Kier molecular flexibility index (Phi) is 2.87. The molecular weight excluding hydrogens is 213 g/mol. The number of hydrogen-bond donors (Lipinski definition) is 0. The average molecular weight is 217 g/mol. The molecule has 0 unspecified atom stereocenters. The first-order chi connectivity index (χ1) is 6.04. The highest BCUT2D eigenvalue weighted by atomic mass is 32.3. The summed E-state index contributed by atoms with van der Waals surface area (Å²) in [4.78, 5) is 3.18. The summed E-state index contributed by atoms with van der Waals surface area (Å²) in [6.45, 7) is 0. The third-order valence-electron chi connectivity index (χ3n) is 1.29. The van der Waals surface area contributed by atoms with Gasteiger partial charge in [-0.25, -0.2) is 0 Å². The minimum atomic E-state index is -4.62. The molecule has 0 aliphatic rings. The van der Waals surface area contributed by atoms with Crippen molar-refractivity contribution < 1.29 is 12.3 Å². The van der Waals surface area contributed by atoms with Gasteiger partial charge in [-0.15, -0.1) is 3.89 Å². The molecule has 0 saturated carbocycles. The number of aliphatic imine (C=N–C) groups is 1. The fourth-order valence-corrected chi connectivity index (χ4v) is 1.30. The normalized spacial score (nSPS) is 10.5. The molecule has 3 nitrogen and oxygen atoms in total. The molecule has 0 bridgehead atoms. The summed E-state index contributed by atoms with van der Waals surface area (Å²) < 4.78 is 33.1. The lowest BCUT2D eigenvalue weighted by Gasteiger charge is -1.93. The Morgan fingerprint density at radius 2 is 1.85 bits per heavy atom. The van der Waals surface area contributed by atoms with E-state index in [2.05, 4.69) is 22.4 Å². The molecule has 0 spiro atoms. The van der Waals surface area contributed by atoms with Crippen molar-refractivity contribution in [3.8, 4) is 0 Å². The number of hydrogen-bond acceptors (Lipinski definition) is 4. The van der Waals surface area contributed by atoms with Crippen LogP contribution >= 0.6 is 12.2 Å². The summed E-state index contributed by atoms with van der Waals surface area (Å²) in [5.41, 5.74) is 0.433. The molecule has 0 saturated heterocycles. The molecular formula is C7H4FNO2S2. The van der Waals surface area contributed by atoms with Gasteiger partial charge in [-0.2, -0.15) is 13.4 Å². The van der Waals surface area contributed by atoms with Crippen LogP contribution in [0.15, 0.2) is 34.2 Å². The second-order valence-electron chi connectivity index (χ2n) is 2.13. The standard InChI is InChI=1S/C7H4FNO2S2/c8-13(10,11)7-3-1-6(2-4-7)9-5-12/h1-4H. The average Bonchev–Trinajstić information content (AvgIpc) is 2.04. The molecule has 0 aromatic heterocycles. The SMILES string of the molecule is O=S(=O)(F)c1ccc(N=C=S)cc1. The zero-order chi connectivity index (χ0) is 9.90. The Hall–Kier alpha value is -1.10. The fourth-order valence-electron chi connectivity index (χ4n) is 0.736. The van der Waals surface area contributed by atoms with Gasteiger partial charge in [0.1, 0.15) is 0 Å². The number of rotatable bonds is 2. The lowest BCUT2D eigenvalue weighted by Crippen LogP contribution is -1.89. The van der Waals surface area contributed by atoms with E-state index >= 15 is 0 Å². The third kappa shape index (κ3) is 2.69. The van der Waals surface area contributed by atoms with E-state index in [1.165, 1.54) is 12.1 Å². The molecule has 0 aliphatic heterocycles. The van der Waals surface area contributed by atoms with E-state index in [9.17, 15) is 12.3 Å². The fraction of sp³-hybridized carbons (Fsp3) is 0. The minimum Gasteiger partial charge on any atom is -0.195 e. The van der Waals surface area contributed by atoms with Gasteiger partial charge in [-0.1, -0.05) is 0 Å². The second kappa shape index (κ2) is 3.74. The lowest BCUT2D eigenvalue weighted by molar-refractivity contribution is 0.552. The molecule has 0 amide bonds. The predicted octanol–water partition coefficient (Wildman–Crippen LogP) is 2.08. The van der Waals surface area contributed by atoms with Gasteiger partial charge < -0.3 is 0 Å². The van der Waals surface area contributed by atoms with Gasteiger partial charge in [0.15, 0.2) is 0 Å². The molecule has 0 aliphatic carbocycles. The van der Waals surface area contributed by atoms with Crippen molar-refractivity contribution in [3.05, 3.63) is 24.3 Å². The first-order valence-electron chi connectivity index (χ1n) is 3.16. The zero-order valence-electron chi connectivity index (χ0n) is 6.27. The maximum absolute atomic E-state index is 12.3. The van der Waals surface area contributed by atoms with Crippen LogP contribution in [0.25, 0.3) is 0 Å². The smallest absolute Gasteiger partial charge is 0.195 e. The molecule has 1 rings (SSSR count). The quantitative estimate of drug-likeness (QED) is 0.433. The molecule has 0 N–H and O–H groups in total. The van der Waals surface area contributed by atoms with Gasteiger partial charge in [-0.3, -0.25) is 0 Å². The van der Waals surface area contributed by atoms with E-state index in [1.807, 2.05) is 0 Å². The summed E-state index contributed by atoms with van der Waals surface area (Å²) in [5, 5.41) is 2.11. The maximum Gasteiger partial charge on any atom is 0.332 e. The number of halogens is 1. The highest BCUT2D eigenvalue weighted by molar-refractivity contribution is 7.86. The number of thiocarbonyl (C=S) groups is 1. The largest absolute Gasteiger partial charge is 0.332 e. The van der Waals surface area contributed by atoms with Gasteiger partial charge in [0, 0.05) is 0 Å². The van der Waals surface area contributed by atoms with Crippen LogP contribution in [0.2, 0.25) is 0 Å². The number of nitrogens with zero attached hydrogens (tertiary/aromatic N) is 1. The first-order valence-corrected chi connectivity index (χ1v) is 4.96. The molecule has 1 aromatic rings. The van der Waals surface area contributed by atoms with Crippen LogP contribution in [0.1, 0.15) is 0 Å². The van der Waals surface area contributed by atoms with Gasteiger partial charge in [0.2, 0.25) is 0 Å². The van der Waals surface area contributed by atoms with Gasteiger partial charge in [-0.05, 0) is 36.5 Å². The second-order valence-corrected chi connectivity index (χ2v) is 3.66. The minimum absolute atomic E-state index is 0.393. The summed E-state index contributed by atoms with van der Waals surface area (Å²) >= 11 is 4.33. The number of benzene rings is 1. The van der Waals surface area contributed by atoms with Crippen LogP contribution in [0, 0.1) is 0 Å². The molecule has 0 fully saturated rings. The van der Waals surface area contributed by atoms with Crippen molar-refractivity contribution in [3.63, 3.8) is 0 Å². The van der Waals surface area contributed by atoms with E-state index in [0.29, 0.717) is 5.69 Å². The Bertz CT molecular complexity index is 446. The van der Waals surface area contributed by atoms with Crippen molar-refractivity contribution in [1.29, 1.82) is 0 Å². The molecule has 1 aromatic carbocycles. The Morgan fingerprint density at radius 3 is 2.23 bits per heavy atom. The number of isothiocyanates is 1. The van der Waals surface area contributed by atoms with Crippen LogP contribution < -0.4 is 0 Å². The van der Waals surface area contributed by atoms with E-state index in [0.717, 1.165) is 12.1 Å². The molecule has 0 atom stereocenters. The topological polar surface area (TPSA) is 46.5 Å². The third-order valence-corrected chi connectivity index (χ3v) is 2.22. The molecule has 68 valence electrons.